The molecule has 1 fully saturated rings. The molecule has 0 spiro atoms. The number of hydrogen-bond acceptors (Lipinski definition) is 3. The first-order chi connectivity index (χ1) is 18.5. The quantitative estimate of drug-likeness (QED) is 0.377. The fraction of sp³-hybridized carbons (Fsp3) is 0.406. The molecule has 1 saturated carbocycles. The molecule has 0 aromatic heterocycles. The van der Waals surface area contributed by atoms with Crippen molar-refractivity contribution < 1.29 is 14.4 Å². The first kappa shape index (κ1) is 26.0. The van der Waals surface area contributed by atoms with Crippen molar-refractivity contribution in [1.82, 2.24) is 10.2 Å². The van der Waals surface area contributed by atoms with Crippen LogP contribution < -0.4 is 10.2 Å². The highest BCUT2D eigenvalue weighted by molar-refractivity contribution is 6.25. The number of nitrogens with zero attached hydrogens (tertiary/aromatic N) is 2. The minimum Gasteiger partial charge on any atom is -0.352 e. The molecule has 3 aromatic rings. The van der Waals surface area contributed by atoms with Crippen molar-refractivity contribution in [2.75, 3.05) is 11.4 Å². The summed E-state index contributed by atoms with van der Waals surface area (Å²) in [5, 5.41) is 5.24. The van der Waals surface area contributed by atoms with Crippen LogP contribution in [0.25, 0.3) is 10.8 Å². The molecule has 1 aliphatic heterocycles. The third-order valence-electron chi connectivity index (χ3n) is 7.94. The van der Waals surface area contributed by atoms with E-state index in [1.165, 1.54) is 0 Å². The molecular formula is C32H37N3O3. The second-order valence-electron chi connectivity index (χ2n) is 10.7. The maximum absolute atomic E-state index is 13.7. The number of benzene rings is 3. The van der Waals surface area contributed by atoms with Crippen molar-refractivity contribution in [2.45, 2.75) is 77.4 Å². The van der Waals surface area contributed by atoms with Gasteiger partial charge in [0.05, 0.1) is 5.69 Å². The molecular weight excluding hydrogens is 474 g/mol. The minimum absolute atomic E-state index is 0.0109. The standard InChI is InChI=1S/C32H37N3O3/c1-3-27(31(37)33-25-14-4-5-15-25)35(21-23-11-6-10-22(2)20-23)29(36)18-9-19-34-28-17-8-13-24-12-7-16-26(30(24)28)32(34)38/h6-8,10-13,16-17,20,25,27H,3-5,9,14-15,18-19,21H2,1-2H3,(H,33,37)/t27-/m1/s1. The molecule has 1 heterocycles. The molecule has 0 unspecified atom stereocenters. The third kappa shape index (κ3) is 5.31. The highest BCUT2D eigenvalue weighted by Crippen LogP contribution is 2.37. The summed E-state index contributed by atoms with van der Waals surface area (Å²) in [5.41, 5.74) is 3.77. The van der Waals surface area contributed by atoms with Crippen LogP contribution >= 0.6 is 0 Å². The highest BCUT2D eigenvalue weighted by Gasteiger charge is 2.32. The first-order valence-electron chi connectivity index (χ1n) is 13.9. The number of nitrogens with one attached hydrogen (secondary N) is 1. The van der Waals surface area contributed by atoms with Gasteiger partial charge < -0.3 is 15.1 Å². The number of carbonyl (C=O) groups is 3. The highest BCUT2D eigenvalue weighted by atomic mass is 16.2. The van der Waals surface area contributed by atoms with E-state index in [2.05, 4.69) is 11.4 Å². The molecule has 1 atom stereocenters. The SMILES string of the molecule is CC[C@H](C(=O)NC1CCCC1)N(Cc1cccc(C)c1)C(=O)CCCN1C(=O)c2cccc3cccc1c23. The Balaban J connectivity index is 1.30. The monoisotopic (exact) mass is 511 g/mol. The third-order valence-corrected chi connectivity index (χ3v) is 7.94. The smallest absolute Gasteiger partial charge is 0.258 e. The summed E-state index contributed by atoms with van der Waals surface area (Å²) in [6.45, 7) is 4.85. The van der Waals surface area contributed by atoms with Crippen molar-refractivity contribution in [2.24, 2.45) is 0 Å². The van der Waals surface area contributed by atoms with E-state index in [0.717, 1.165) is 58.8 Å². The Morgan fingerprint density at radius 2 is 1.79 bits per heavy atom. The van der Waals surface area contributed by atoms with E-state index in [1.807, 2.05) is 68.4 Å². The van der Waals surface area contributed by atoms with Crippen molar-refractivity contribution >= 4 is 34.2 Å². The molecule has 1 N–H and O–H groups in total. The summed E-state index contributed by atoms with van der Waals surface area (Å²) in [5.74, 6) is -0.122. The van der Waals surface area contributed by atoms with Gasteiger partial charge in [0, 0.05) is 36.5 Å². The van der Waals surface area contributed by atoms with E-state index in [9.17, 15) is 14.4 Å². The van der Waals surface area contributed by atoms with Crippen LogP contribution in [0.15, 0.2) is 60.7 Å². The van der Waals surface area contributed by atoms with Gasteiger partial charge in [-0.1, -0.05) is 73.9 Å². The predicted molar refractivity (Wildman–Crippen MR) is 151 cm³/mol. The Kier molecular flexibility index (Phi) is 7.77. The molecule has 198 valence electrons. The van der Waals surface area contributed by atoms with E-state index in [-0.39, 0.29) is 30.2 Å². The van der Waals surface area contributed by atoms with Crippen LogP contribution in [0.4, 0.5) is 5.69 Å². The van der Waals surface area contributed by atoms with Crippen LogP contribution in [-0.4, -0.2) is 41.2 Å². The van der Waals surface area contributed by atoms with Crippen molar-refractivity contribution in [3.05, 3.63) is 77.4 Å². The number of anilines is 1. The second kappa shape index (κ2) is 11.4. The number of rotatable bonds is 10. The van der Waals surface area contributed by atoms with Gasteiger partial charge in [-0.2, -0.15) is 0 Å². The molecule has 0 bridgehead atoms. The molecule has 38 heavy (non-hydrogen) atoms. The summed E-state index contributed by atoms with van der Waals surface area (Å²) in [6.07, 6.45) is 5.65. The second-order valence-corrected chi connectivity index (χ2v) is 10.7. The molecule has 1 aliphatic carbocycles. The number of carbonyl (C=O) groups excluding carboxylic acids is 3. The average Bonchev–Trinajstić information content (AvgIpc) is 3.52. The minimum atomic E-state index is -0.518. The summed E-state index contributed by atoms with van der Waals surface area (Å²) in [4.78, 5) is 43.7. The van der Waals surface area contributed by atoms with Gasteiger partial charge in [0.2, 0.25) is 11.8 Å². The number of hydrogen-bond donors (Lipinski definition) is 1. The Bertz CT molecular complexity index is 1340. The summed E-state index contributed by atoms with van der Waals surface area (Å²) < 4.78 is 0. The van der Waals surface area contributed by atoms with Crippen molar-refractivity contribution in [3.8, 4) is 0 Å². The van der Waals surface area contributed by atoms with E-state index >= 15 is 0 Å². The number of aryl methyl sites for hydroxylation is 1. The fourth-order valence-corrected chi connectivity index (χ4v) is 6.03. The number of amides is 3. The van der Waals surface area contributed by atoms with Gasteiger partial charge in [0.15, 0.2) is 0 Å². The molecule has 0 radical (unpaired) electrons. The molecule has 2 aliphatic rings. The molecule has 6 nitrogen and oxygen atoms in total. The lowest BCUT2D eigenvalue weighted by Crippen LogP contribution is -2.51. The summed E-state index contributed by atoms with van der Waals surface area (Å²) >= 11 is 0. The van der Waals surface area contributed by atoms with Gasteiger partial charge in [-0.15, -0.1) is 0 Å². The molecule has 3 aromatic carbocycles. The van der Waals surface area contributed by atoms with Gasteiger partial charge in [0.25, 0.3) is 5.91 Å². The van der Waals surface area contributed by atoms with Crippen LogP contribution in [0.3, 0.4) is 0 Å². The Morgan fingerprint density at radius 3 is 2.53 bits per heavy atom. The molecule has 5 rings (SSSR count). The van der Waals surface area contributed by atoms with E-state index in [1.54, 1.807) is 9.80 Å². The van der Waals surface area contributed by atoms with Crippen LogP contribution in [0, 0.1) is 6.92 Å². The Morgan fingerprint density at radius 1 is 1.05 bits per heavy atom. The zero-order valence-corrected chi connectivity index (χ0v) is 22.4. The lowest BCUT2D eigenvalue weighted by atomic mass is 10.1. The van der Waals surface area contributed by atoms with Crippen LogP contribution in [0.1, 0.15) is 73.4 Å². The first-order valence-corrected chi connectivity index (χ1v) is 13.9. The molecule has 3 amide bonds. The lowest BCUT2D eigenvalue weighted by molar-refractivity contribution is -0.141. The van der Waals surface area contributed by atoms with Gasteiger partial charge in [0.1, 0.15) is 6.04 Å². The topological polar surface area (TPSA) is 69.7 Å². The van der Waals surface area contributed by atoms with Gasteiger partial charge >= 0.3 is 0 Å². The van der Waals surface area contributed by atoms with Crippen LogP contribution in [0.2, 0.25) is 0 Å². The molecule has 0 saturated heterocycles. The van der Waals surface area contributed by atoms with E-state index in [0.29, 0.717) is 25.9 Å². The van der Waals surface area contributed by atoms with Gasteiger partial charge in [-0.25, -0.2) is 0 Å². The summed E-state index contributed by atoms with van der Waals surface area (Å²) in [7, 11) is 0. The van der Waals surface area contributed by atoms with Gasteiger partial charge in [-0.3, -0.25) is 14.4 Å². The van der Waals surface area contributed by atoms with Crippen molar-refractivity contribution in [1.29, 1.82) is 0 Å². The fourth-order valence-electron chi connectivity index (χ4n) is 6.03. The lowest BCUT2D eigenvalue weighted by Gasteiger charge is -2.32. The van der Waals surface area contributed by atoms with E-state index < -0.39 is 6.04 Å². The zero-order chi connectivity index (χ0) is 26.6. The normalized spacial score (nSPS) is 15.7. The van der Waals surface area contributed by atoms with Crippen LogP contribution in [-0.2, 0) is 16.1 Å². The van der Waals surface area contributed by atoms with Crippen molar-refractivity contribution in [3.63, 3.8) is 0 Å². The largest absolute Gasteiger partial charge is 0.352 e. The maximum atomic E-state index is 13.7. The Labute approximate surface area is 225 Å². The van der Waals surface area contributed by atoms with Gasteiger partial charge in [-0.05, 0) is 55.7 Å². The average molecular weight is 512 g/mol. The van der Waals surface area contributed by atoms with Crippen LogP contribution in [0.5, 0.6) is 0 Å². The predicted octanol–water partition coefficient (Wildman–Crippen LogP) is 5.75. The molecule has 6 heteroatoms. The summed E-state index contributed by atoms with van der Waals surface area (Å²) in [6, 6.07) is 19.6. The van der Waals surface area contributed by atoms with E-state index in [4.69, 9.17) is 0 Å². The maximum Gasteiger partial charge on any atom is 0.258 e. The zero-order valence-electron chi connectivity index (χ0n) is 22.4. The Hall–Kier alpha value is -3.67.